The van der Waals surface area contributed by atoms with Crippen LogP contribution < -0.4 is 4.74 Å². The molecule has 7 heteroatoms. The zero-order valence-corrected chi connectivity index (χ0v) is 19.7. The lowest BCUT2D eigenvalue weighted by molar-refractivity contribution is 0.322. The van der Waals surface area contributed by atoms with Crippen molar-refractivity contribution in [3.05, 3.63) is 87.6 Å². The lowest BCUT2D eigenvalue weighted by Gasteiger charge is -2.05. The number of aromatic nitrogens is 1. The maximum absolute atomic E-state index is 13.4. The van der Waals surface area contributed by atoms with Crippen molar-refractivity contribution < 1.29 is 9.13 Å². The molecule has 0 fully saturated rings. The number of hydrogen-bond acceptors (Lipinski definition) is 4. The van der Waals surface area contributed by atoms with E-state index in [0.717, 1.165) is 26.7 Å². The predicted molar refractivity (Wildman–Crippen MR) is 130 cm³/mol. The number of rotatable bonds is 7. The van der Waals surface area contributed by atoms with E-state index < -0.39 is 0 Å². The molecule has 3 aromatic carbocycles. The van der Waals surface area contributed by atoms with E-state index in [4.69, 9.17) is 32.9 Å². The van der Waals surface area contributed by atoms with E-state index in [2.05, 4.69) is 30.5 Å². The van der Waals surface area contributed by atoms with Gasteiger partial charge >= 0.3 is 0 Å². The van der Waals surface area contributed by atoms with Crippen LogP contribution in [0.4, 0.5) is 4.39 Å². The third kappa shape index (κ3) is 5.60. The molecule has 0 aliphatic carbocycles. The van der Waals surface area contributed by atoms with Crippen molar-refractivity contribution in [2.24, 2.45) is 0 Å². The number of thioether (sulfide) groups is 1. The number of halogens is 3. The van der Waals surface area contributed by atoms with E-state index in [1.165, 1.54) is 17.0 Å². The number of ether oxygens (including phenoxy) is 1. The second kappa shape index (κ2) is 10.0. The average Bonchev–Trinajstić information content (AvgIpc) is 3.18. The van der Waals surface area contributed by atoms with Crippen LogP contribution in [0.1, 0.15) is 5.01 Å². The second-order valence-electron chi connectivity index (χ2n) is 6.72. The van der Waals surface area contributed by atoms with E-state index in [9.17, 15) is 4.39 Å². The SMILES string of the molecule is CSc1ccc(-c2sc(CCOc3cc(Cl)cc(Cl)c3)nc2-c2ccc(F)cc2)cc1. The van der Waals surface area contributed by atoms with Gasteiger partial charge in [-0.1, -0.05) is 35.3 Å². The molecule has 0 aliphatic heterocycles. The highest BCUT2D eigenvalue weighted by Crippen LogP contribution is 2.38. The first-order chi connectivity index (χ1) is 15.0. The Balaban J connectivity index is 1.59. The number of benzene rings is 3. The van der Waals surface area contributed by atoms with Gasteiger partial charge in [-0.05, 0) is 66.4 Å². The summed E-state index contributed by atoms with van der Waals surface area (Å²) >= 11 is 15.4. The van der Waals surface area contributed by atoms with Crippen molar-refractivity contribution in [2.45, 2.75) is 11.3 Å². The summed E-state index contributed by atoms with van der Waals surface area (Å²) in [4.78, 5) is 7.11. The fourth-order valence-corrected chi connectivity index (χ4v) is 5.07. The molecule has 0 saturated heterocycles. The molecule has 0 bridgehead atoms. The minimum atomic E-state index is -0.265. The van der Waals surface area contributed by atoms with E-state index in [-0.39, 0.29) is 5.82 Å². The number of hydrogen-bond donors (Lipinski definition) is 0. The van der Waals surface area contributed by atoms with Crippen LogP contribution in [0.25, 0.3) is 21.7 Å². The van der Waals surface area contributed by atoms with Crippen molar-refractivity contribution in [1.29, 1.82) is 0 Å². The second-order valence-corrected chi connectivity index (χ2v) is 9.56. The van der Waals surface area contributed by atoms with Crippen LogP contribution in [-0.2, 0) is 6.42 Å². The van der Waals surface area contributed by atoms with Gasteiger partial charge in [0.25, 0.3) is 0 Å². The van der Waals surface area contributed by atoms with Crippen LogP contribution in [0, 0.1) is 5.82 Å². The van der Waals surface area contributed by atoms with Crippen molar-refractivity contribution in [3.8, 4) is 27.4 Å². The molecule has 4 aromatic rings. The number of nitrogens with zero attached hydrogens (tertiary/aromatic N) is 1. The van der Waals surface area contributed by atoms with Gasteiger partial charge in [0.2, 0.25) is 0 Å². The van der Waals surface area contributed by atoms with Gasteiger partial charge in [-0.2, -0.15) is 0 Å². The monoisotopic (exact) mass is 489 g/mol. The lowest BCUT2D eigenvalue weighted by atomic mass is 10.1. The van der Waals surface area contributed by atoms with Gasteiger partial charge in [-0.15, -0.1) is 23.1 Å². The summed E-state index contributed by atoms with van der Waals surface area (Å²) in [6.07, 6.45) is 2.68. The molecule has 0 unspecified atom stereocenters. The van der Waals surface area contributed by atoms with Gasteiger partial charge in [0.05, 0.1) is 22.2 Å². The smallest absolute Gasteiger partial charge is 0.123 e. The maximum atomic E-state index is 13.4. The maximum Gasteiger partial charge on any atom is 0.123 e. The van der Waals surface area contributed by atoms with Crippen molar-refractivity contribution >= 4 is 46.3 Å². The zero-order valence-electron chi connectivity index (χ0n) is 16.6. The van der Waals surface area contributed by atoms with E-state index in [1.807, 2.05) is 0 Å². The summed E-state index contributed by atoms with van der Waals surface area (Å²) < 4.78 is 19.3. The third-order valence-corrected chi connectivity index (χ3v) is 6.91. The van der Waals surface area contributed by atoms with Gasteiger partial charge in [0, 0.05) is 26.9 Å². The molecule has 4 rings (SSSR count). The molecule has 0 aliphatic rings. The Morgan fingerprint density at radius 2 is 1.58 bits per heavy atom. The lowest BCUT2D eigenvalue weighted by Crippen LogP contribution is -2.01. The van der Waals surface area contributed by atoms with Crippen molar-refractivity contribution in [2.75, 3.05) is 12.9 Å². The molecule has 1 heterocycles. The summed E-state index contributed by atoms with van der Waals surface area (Å²) in [5.74, 6) is 0.361. The Kier molecular flexibility index (Phi) is 7.18. The summed E-state index contributed by atoms with van der Waals surface area (Å²) in [6, 6.07) is 20.0. The van der Waals surface area contributed by atoms with Crippen LogP contribution in [-0.4, -0.2) is 17.8 Å². The first kappa shape index (κ1) is 22.2. The van der Waals surface area contributed by atoms with E-state index in [0.29, 0.717) is 28.8 Å². The standard InChI is InChI=1S/C24H18Cl2FNOS2/c1-30-21-8-4-16(5-9-21)24-23(15-2-6-19(27)7-3-15)28-22(31-24)10-11-29-20-13-17(25)12-18(26)14-20/h2-9,12-14H,10-11H2,1H3. The highest BCUT2D eigenvalue weighted by atomic mass is 35.5. The third-order valence-electron chi connectivity index (χ3n) is 4.56. The Morgan fingerprint density at radius 3 is 2.23 bits per heavy atom. The quantitative estimate of drug-likeness (QED) is 0.244. The normalized spacial score (nSPS) is 11.0. The Labute approximate surface area is 199 Å². The largest absolute Gasteiger partial charge is 0.493 e. The summed E-state index contributed by atoms with van der Waals surface area (Å²) in [5, 5.41) is 2.01. The van der Waals surface area contributed by atoms with Crippen molar-refractivity contribution in [1.82, 2.24) is 4.98 Å². The zero-order chi connectivity index (χ0) is 21.8. The van der Waals surface area contributed by atoms with Gasteiger partial charge in [0.15, 0.2) is 0 Å². The average molecular weight is 490 g/mol. The molecule has 0 saturated carbocycles. The first-order valence-corrected chi connectivity index (χ1v) is 12.3. The summed E-state index contributed by atoms with van der Waals surface area (Å²) in [7, 11) is 0. The van der Waals surface area contributed by atoms with Crippen LogP contribution in [0.3, 0.4) is 0 Å². The first-order valence-electron chi connectivity index (χ1n) is 9.51. The van der Waals surface area contributed by atoms with Crippen LogP contribution >= 0.6 is 46.3 Å². The molecule has 0 amide bonds. The van der Waals surface area contributed by atoms with E-state index in [1.54, 1.807) is 53.4 Å². The van der Waals surface area contributed by atoms with Crippen molar-refractivity contribution in [3.63, 3.8) is 0 Å². The summed E-state index contributed by atoms with van der Waals surface area (Å²) in [5.41, 5.74) is 2.82. The molecule has 0 atom stereocenters. The fraction of sp³-hybridized carbons (Fsp3) is 0.125. The molecule has 0 radical (unpaired) electrons. The van der Waals surface area contributed by atoms with Gasteiger partial charge in [-0.3, -0.25) is 0 Å². The van der Waals surface area contributed by atoms with Crippen LogP contribution in [0.15, 0.2) is 71.6 Å². The Morgan fingerprint density at radius 1 is 0.935 bits per heavy atom. The minimum Gasteiger partial charge on any atom is -0.493 e. The van der Waals surface area contributed by atoms with Gasteiger partial charge in [-0.25, -0.2) is 9.37 Å². The molecule has 0 N–H and O–H groups in total. The number of thiazole rings is 1. The minimum absolute atomic E-state index is 0.265. The Hall–Kier alpha value is -2.05. The summed E-state index contributed by atoms with van der Waals surface area (Å²) in [6.45, 7) is 0.442. The highest BCUT2D eigenvalue weighted by Gasteiger charge is 2.15. The molecule has 158 valence electrons. The topological polar surface area (TPSA) is 22.1 Å². The molecular weight excluding hydrogens is 472 g/mol. The molecule has 2 nitrogen and oxygen atoms in total. The van der Waals surface area contributed by atoms with Crippen LogP contribution in [0.2, 0.25) is 10.0 Å². The van der Waals surface area contributed by atoms with Gasteiger partial charge in [0.1, 0.15) is 11.6 Å². The molecule has 0 spiro atoms. The predicted octanol–water partition coefficient (Wildman–Crippen LogP) is 8.27. The van der Waals surface area contributed by atoms with Crippen LogP contribution in [0.5, 0.6) is 5.75 Å². The molecule has 1 aromatic heterocycles. The Bertz CT molecular complexity index is 1160. The fourth-order valence-electron chi connectivity index (χ4n) is 3.08. The molecule has 31 heavy (non-hydrogen) atoms. The van der Waals surface area contributed by atoms with Gasteiger partial charge < -0.3 is 4.74 Å². The highest BCUT2D eigenvalue weighted by molar-refractivity contribution is 7.98. The molecular formula is C24H18Cl2FNOS2. The van der Waals surface area contributed by atoms with E-state index >= 15 is 0 Å².